The maximum absolute atomic E-state index is 9.31. The standard InChI is InChI=1S/C10H22O6S/c11-5-1-9(13,14)3-7-17-8-4-10(15,16)2-6-12/h11-16H,1-8H2. The molecular weight excluding hydrogens is 248 g/mol. The van der Waals surface area contributed by atoms with E-state index >= 15 is 0 Å². The van der Waals surface area contributed by atoms with E-state index in [-0.39, 0.29) is 38.9 Å². The number of hydrogen-bond donors (Lipinski definition) is 6. The molecule has 17 heavy (non-hydrogen) atoms. The smallest absolute Gasteiger partial charge is 0.165 e. The van der Waals surface area contributed by atoms with Gasteiger partial charge in [-0.3, -0.25) is 0 Å². The minimum Gasteiger partial charge on any atom is -0.396 e. The summed E-state index contributed by atoms with van der Waals surface area (Å²) in [7, 11) is 0. The summed E-state index contributed by atoms with van der Waals surface area (Å²) < 4.78 is 0. The fraction of sp³-hybridized carbons (Fsp3) is 1.00. The van der Waals surface area contributed by atoms with Crippen LogP contribution in [0.4, 0.5) is 0 Å². The highest BCUT2D eigenvalue weighted by atomic mass is 32.2. The second-order valence-electron chi connectivity index (χ2n) is 4.02. The Labute approximate surface area is 105 Å². The first-order valence-corrected chi connectivity index (χ1v) is 6.67. The molecule has 6 nitrogen and oxygen atoms in total. The molecule has 0 saturated carbocycles. The predicted molar refractivity (Wildman–Crippen MR) is 64.3 cm³/mol. The van der Waals surface area contributed by atoms with Gasteiger partial charge in [-0.2, -0.15) is 11.8 Å². The Balaban J connectivity index is 3.58. The number of hydrogen-bond acceptors (Lipinski definition) is 7. The highest BCUT2D eigenvalue weighted by Crippen LogP contribution is 2.19. The molecule has 0 radical (unpaired) electrons. The van der Waals surface area contributed by atoms with Crippen LogP contribution < -0.4 is 0 Å². The maximum atomic E-state index is 9.31. The van der Waals surface area contributed by atoms with Crippen LogP contribution in [0.15, 0.2) is 0 Å². The van der Waals surface area contributed by atoms with Gasteiger partial charge in [-0.05, 0) is 11.5 Å². The molecule has 104 valence electrons. The van der Waals surface area contributed by atoms with Crippen molar-refractivity contribution < 1.29 is 30.6 Å². The topological polar surface area (TPSA) is 121 Å². The van der Waals surface area contributed by atoms with Gasteiger partial charge in [0.05, 0.1) is 0 Å². The Morgan fingerprint density at radius 1 is 0.647 bits per heavy atom. The molecule has 0 aromatic carbocycles. The maximum Gasteiger partial charge on any atom is 0.165 e. The molecule has 6 N–H and O–H groups in total. The van der Waals surface area contributed by atoms with Crippen LogP contribution in [-0.2, 0) is 0 Å². The summed E-state index contributed by atoms with van der Waals surface area (Å²) in [5, 5.41) is 54.3. The van der Waals surface area contributed by atoms with E-state index in [0.717, 1.165) is 0 Å². The van der Waals surface area contributed by atoms with E-state index in [1.807, 2.05) is 0 Å². The highest BCUT2D eigenvalue weighted by Gasteiger charge is 2.23. The summed E-state index contributed by atoms with van der Waals surface area (Å²) in [4.78, 5) is 0. The molecule has 0 aromatic heterocycles. The first kappa shape index (κ1) is 17.1. The number of rotatable bonds is 10. The van der Waals surface area contributed by atoms with Gasteiger partial charge in [0.1, 0.15) is 0 Å². The molecule has 0 aliphatic heterocycles. The molecule has 0 amide bonds. The van der Waals surface area contributed by atoms with E-state index in [1.165, 1.54) is 11.8 Å². The highest BCUT2D eigenvalue weighted by molar-refractivity contribution is 7.99. The zero-order chi connectivity index (χ0) is 13.4. The fourth-order valence-corrected chi connectivity index (χ4v) is 2.33. The Kier molecular flexibility index (Phi) is 8.31. The van der Waals surface area contributed by atoms with Crippen molar-refractivity contribution in [1.29, 1.82) is 0 Å². The number of aliphatic hydroxyl groups is 6. The zero-order valence-electron chi connectivity index (χ0n) is 9.75. The average Bonchev–Trinajstić information content (AvgIpc) is 2.16. The monoisotopic (exact) mass is 270 g/mol. The Morgan fingerprint density at radius 3 is 1.29 bits per heavy atom. The van der Waals surface area contributed by atoms with Crippen molar-refractivity contribution in [2.75, 3.05) is 24.7 Å². The molecule has 0 saturated heterocycles. The van der Waals surface area contributed by atoms with Crippen LogP contribution in [0.2, 0.25) is 0 Å². The lowest BCUT2D eigenvalue weighted by molar-refractivity contribution is -0.171. The molecule has 0 aliphatic rings. The largest absolute Gasteiger partial charge is 0.396 e. The lowest BCUT2D eigenvalue weighted by atomic mass is 10.1. The number of thioether (sulfide) groups is 1. The lowest BCUT2D eigenvalue weighted by Crippen LogP contribution is -2.31. The van der Waals surface area contributed by atoms with Gasteiger partial charge in [-0.25, -0.2) is 0 Å². The first-order chi connectivity index (χ1) is 7.83. The summed E-state index contributed by atoms with van der Waals surface area (Å²) in [6.07, 6.45) is 0.0359. The van der Waals surface area contributed by atoms with Gasteiger partial charge in [-0.1, -0.05) is 0 Å². The van der Waals surface area contributed by atoms with Crippen molar-refractivity contribution in [3.8, 4) is 0 Å². The molecule has 0 aromatic rings. The summed E-state index contributed by atoms with van der Waals surface area (Å²) in [5.41, 5.74) is 0. The molecule has 0 spiro atoms. The van der Waals surface area contributed by atoms with E-state index in [0.29, 0.717) is 11.5 Å². The van der Waals surface area contributed by atoms with Gasteiger partial charge in [-0.15, -0.1) is 0 Å². The van der Waals surface area contributed by atoms with Gasteiger partial charge in [0.2, 0.25) is 0 Å². The Hall–Kier alpha value is 0.110. The van der Waals surface area contributed by atoms with Gasteiger partial charge in [0.25, 0.3) is 0 Å². The van der Waals surface area contributed by atoms with E-state index < -0.39 is 11.6 Å². The SMILES string of the molecule is OCCC(O)(O)CCSCCC(O)(O)CCO. The normalized spacial score (nSPS) is 13.1. The second-order valence-corrected chi connectivity index (χ2v) is 5.25. The molecule has 0 aliphatic carbocycles. The summed E-state index contributed by atoms with van der Waals surface area (Å²) in [6, 6.07) is 0. The van der Waals surface area contributed by atoms with E-state index in [1.54, 1.807) is 0 Å². The van der Waals surface area contributed by atoms with Gasteiger partial charge >= 0.3 is 0 Å². The summed E-state index contributed by atoms with van der Waals surface area (Å²) in [6.45, 7) is -0.574. The second kappa shape index (κ2) is 8.25. The zero-order valence-corrected chi connectivity index (χ0v) is 10.6. The van der Waals surface area contributed by atoms with Crippen molar-refractivity contribution in [3.63, 3.8) is 0 Å². The summed E-state index contributed by atoms with van der Waals surface area (Å²) in [5.74, 6) is -2.82. The quantitative estimate of drug-likeness (QED) is 0.214. The average molecular weight is 270 g/mol. The Bertz CT molecular complexity index is 177. The summed E-state index contributed by atoms with van der Waals surface area (Å²) >= 11 is 1.36. The lowest BCUT2D eigenvalue weighted by Gasteiger charge is -2.22. The molecular formula is C10H22O6S. The van der Waals surface area contributed by atoms with Crippen molar-refractivity contribution in [1.82, 2.24) is 0 Å². The molecule has 0 bridgehead atoms. The minimum atomic E-state index is -1.86. The molecule has 7 heteroatoms. The predicted octanol–water partition coefficient (Wildman–Crippen LogP) is -1.37. The van der Waals surface area contributed by atoms with Crippen molar-refractivity contribution in [2.24, 2.45) is 0 Å². The molecule has 0 heterocycles. The molecule has 0 fully saturated rings. The van der Waals surface area contributed by atoms with Gasteiger partial charge in [0.15, 0.2) is 11.6 Å². The van der Waals surface area contributed by atoms with Crippen LogP contribution in [0.1, 0.15) is 25.7 Å². The third-order valence-electron chi connectivity index (χ3n) is 2.32. The Morgan fingerprint density at radius 2 is 1.00 bits per heavy atom. The minimum absolute atomic E-state index is 0.0952. The van der Waals surface area contributed by atoms with E-state index in [4.69, 9.17) is 10.2 Å². The van der Waals surface area contributed by atoms with E-state index in [9.17, 15) is 20.4 Å². The van der Waals surface area contributed by atoms with Crippen molar-refractivity contribution >= 4 is 11.8 Å². The van der Waals surface area contributed by atoms with Crippen LogP contribution in [0, 0.1) is 0 Å². The molecule has 0 atom stereocenters. The first-order valence-electron chi connectivity index (χ1n) is 5.52. The third kappa shape index (κ3) is 9.78. The molecule has 0 unspecified atom stereocenters. The van der Waals surface area contributed by atoms with E-state index in [2.05, 4.69) is 0 Å². The van der Waals surface area contributed by atoms with Crippen LogP contribution >= 0.6 is 11.8 Å². The van der Waals surface area contributed by atoms with Crippen LogP contribution in [-0.4, -0.2) is 66.9 Å². The van der Waals surface area contributed by atoms with Crippen LogP contribution in [0.25, 0.3) is 0 Å². The van der Waals surface area contributed by atoms with Gasteiger partial charge in [0, 0.05) is 38.9 Å². The van der Waals surface area contributed by atoms with Crippen LogP contribution in [0.5, 0.6) is 0 Å². The molecule has 0 rings (SSSR count). The van der Waals surface area contributed by atoms with Crippen molar-refractivity contribution in [2.45, 2.75) is 37.3 Å². The fourth-order valence-electron chi connectivity index (χ4n) is 1.18. The third-order valence-corrected chi connectivity index (χ3v) is 3.30. The number of aliphatic hydroxyl groups excluding tert-OH is 2. The van der Waals surface area contributed by atoms with Crippen LogP contribution in [0.3, 0.4) is 0 Å². The van der Waals surface area contributed by atoms with Gasteiger partial charge < -0.3 is 30.6 Å². The van der Waals surface area contributed by atoms with Crippen molar-refractivity contribution in [3.05, 3.63) is 0 Å².